The van der Waals surface area contributed by atoms with Crippen LogP contribution in [0.25, 0.3) is 11.0 Å². The summed E-state index contributed by atoms with van der Waals surface area (Å²) in [6, 6.07) is 4.62. The van der Waals surface area contributed by atoms with Gasteiger partial charge in [-0.05, 0) is 24.6 Å². The molecule has 3 aromatic rings. The summed E-state index contributed by atoms with van der Waals surface area (Å²) in [7, 11) is 0. The summed E-state index contributed by atoms with van der Waals surface area (Å²) >= 11 is 0. The van der Waals surface area contributed by atoms with Crippen molar-refractivity contribution >= 4 is 16.9 Å². The average Bonchev–Trinajstić information content (AvgIpc) is 3.01. The Hall–Kier alpha value is -2.71. The molecule has 0 aliphatic heterocycles. The Morgan fingerprint density at radius 2 is 2.00 bits per heavy atom. The van der Waals surface area contributed by atoms with Crippen molar-refractivity contribution in [2.24, 2.45) is 0 Å². The lowest BCUT2D eigenvalue weighted by Crippen LogP contribution is -2.11. The highest BCUT2D eigenvalue weighted by atomic mass is 19.4. The van der Waals surface area contributed by atoms with Gasteiger partial charge in [-0.2, -0.15) is 18.3 Å². The summed E-state index contributed by atoms with van der Waals surface area (Å²) in [5.41, 5.74) is -0.287. The molecular weight excluding hydrogens is 309 g/mol. The first-order chi connectivity index (χ1) is 11.0. The van der Waals surface area contributed by atoms with E-state index in [2.05, 4.69) is 25.4 Å². The number of aryl methyl sites for hydroxylation is 1. The zero-order chi connectivity index (χ0) is 16.3. The van der Waals surface area contributed by atoms with E-state index in [9.17, 15) is 13.2 Å². The number of aromatic nitrogens is 5. The first-order valence-corrected chi connectivity index (χ1v) is 6.94. The molecule has 6 nitrogen and oxygen atoms in total. The number of fused-ring (bicyclic) bond motifs is 1. The van der Waals surface area contributed by atoms with Crippen molar-refractivity contribution < 1.29 is 13.2 Å². The fraction of sp³-hybridized carbons (Fsp3) is 0.286. The lowest BCUT2D eigenvalue weighted by molar-refractivity contribution is -0.141. The Balaban J connectivity index is 1.56. The van der Waals surface area contributed by atoms with Crippen LogP contribution in [0.5, 0.6) is 0 Å². The lowest BCUT2D eigenvalue weighted by atomic mass is 10.3. The third-order valence-electron chi connectivity index (χ3n) is 3.20. The molecule has 0 aromatic carbocycles. The number of pyridine rings is 1. The largest absolute Gasteiger partial charge is 0.435 e. The van der Waals surface area contributed by atoms with Crippen molar-refractivity contribution in [2.75, 3.05) is 11.9 Å². The minimum absolute atomic E-state index is 0.379. The summed E-state index contributed by atoms with van der Waals surface area (Å²) in [4.78, 5) is 12.3. The van der Waals surface area contributed by atoms with Crippen LogP contribution in [0.3, 0.4) is 0 Å². The summed E-state index contributed by atoms with van der Waals surface area (Å²) in [5.74, 6) is 0.652. The second-order valence-electron chi connectivity index (χ2n) is 4.84. The third kappa shape index (κ3) is 3.55. The smallest absolute Gasteiger partial charge is 0.369 e. The number of nitrogens with zero attached hydrogens (tertiary/aromatic N) is 5. The van der Waals surface area contributed by atoms with Crippen LogP contribution in [0.15, 0.2) is 36.9 Å². The van der Waals surface area contributed by atoms with Crippen molar-refractivity contribution in [1.82, 2.24) is 24.7 Å². The zero-order valence-corrected chi connectivity index (χ0v) is 12.0. The quantitative estimate of drug-likeness (QED) is 0.732. The van der Waals surface area contributed by atoms with E-state index in [-0.39, 0.29) is 0 Å². The predicted octanol–water partition coefficient (Wildman–Crippen LogP) is 2.74. The number of hydrogen-bond donors (Lipinski definition) is 1. The van der Waals surface area contributed by atoms with Gasteiger partial charge in [0.1, 0.15) is 12.1 Å². The summed E-state index contributed by atoms with van der Waals surface area (Å²) in [5, 5.41) is 7.44. The van der Waals surface area contributed by atoms with Gasteiger partial charge >= 0.3 is 6.18 Å². The molecule has 0 fully saturated rings. The van der Waals surface area contributed by atoms with Crippen LogP contribution in [0, 0.1) is 0 Å². The molecule has 0 atom stereocenters. The Kier molecular flexibility index (Phi) is 4.09. The third-order valence-corrected chi connectivity index (χ3v) is 3.20. The summed E-state index contributed by atoms with van der Waals surface area (Å²) in [6.45, 7) is 0.923. The van der Waals surface area contributed by atoms with E-state index >= 15 is 0 Å². The van der Waals surface area contributed by atoms with E-state index in [4.69, 9.17) is 0 Å². The molecule has 3 aromatic heterocycles. The fourth-order valence-corrected chi connectivity index (χ4v) is 2.12. The van der Waals surface area contributed by atoms with E-state index in [0.717, 1.165) is 11.5 Å². The van der Waals surface area contributed by atoms with Gasteiger partial charge in [0.25, 0.3) is 0 Å². The molecular formula is C14H13F3N6. The van der Waals surface area contributed by atoms with Crippen molar-refractivity contribution in [1.29, 1.82) is 0 Å². The topological polar surface area (TPSA) is 68.5 Å². The van der Waals surface area contributed by atoms with Crippen LogP contribution in [0.4, 0.5) is 19.0 Å². The zero-order valence-electron chi connectivity index (χ0n) is 12.0. The van der Waals surface area contributed by atoms with Crippen molar-refractivity contribution in [3.8, 4) is 0 Å². The molecule has 0 spiro atoms. The molecule has 9 heteroatoms. The van der Waals surface area contributed by atoms with Gasteiger partial charge in [0.2, 0.25) is 0 Å². The van der Waals surface area contributed by atoms with Gasteiger partial charge in [-0.3, -0.25) is 4.68 Å². The van der Waals surface area contributed by atoms with E-state index < -0.39 is 11.9 Å². The van der Waals surface area contributed by atoms with Crippen LogP contribution in [0.1, 0.15) is 12.1 Å². The van der Waals surface area contributed by atoms with Crippen LogP contribution in [-0.2, 0) is 12.7 Å². The number of halogens is 3. The van der Waals surface area contributed by atoms with E-state index in [0.29, 0.717) is 31.0 Å². The van der Waals surface area contributed by atoms with Crippen LogP contribution in [0.2, 0.25) is 0 Å². The van der Waals surface area contributed by atoms with Gasteiger partial charge in [-0.25, -0.2) is 15.0 Å². The molecule has 0 aliphatic carbocycles. The molecule has 0 radical (unpaired) electrons. The molecule has 0 saturated heterocycles. The number of rotatable bonds is 5. The van der Waals surface area contributed by atoms with Gasteiger partial charge in [0.05, 0.1) is 5.39 Å². The number of nitrogens with one attached hydrogen (secondary N) is 1. The second kappa shape index (κ2) is 6.19. The predicted molar refractivity (Wildman–Crippen MR) is 77.7 cm³/mol. The Morgan fingerprint density at radius 3 is 2.78 bits per heavy atom. The van der Waals surface area contributed by atoms with Crippen molar-refractivity contribution in [2.45, 2.75) is 19.1 Å². The Morgan fingerprint density at radius 1 is 1.13 bits per heavy atom. The first kappa shape index (κ1) is 15.2. The minimum Gasteiger partial charge on any atom is -0.369 e. The number of alkyl halides is 3. The SMILES string of the molecule is FC(F)(F)c1ccn(CCCNc2ncnc3ncccc23)n1. The van der Waals surface area contributed by atoms with Gasteiger partial charge in [0, 0.05) is 25.5 Å². The highest BCUT2D eigenvalue weighted by Crippen LogP contribution is 2.27. The Labute approximate surface area is 129 Å². The van der Waals surface area contributed by atoms with Gasteiger partial charge in [-0.1, -0.05) is 0 Å². The standard InChI is InChI=1S/C14H13F3N6/c15-14(16,17)11-4-8-23(22-11)7-2-6-19-13-10-3-1-5-18-12(10)20-9-21-13/h1,3-5,8-9H,2,6-7H2,(H,18,19,20,21). The summed E-state index contributed by atoms with van der Waals surface area (Å²) < 4.78 is 38.6. The minimum atomic E-state index is -4.41. The summed E-state index contributed by atoms with van der Waals surface area (Å²) in [6.07, 6.45) is 0.587. The monoisotopic (exact) mass is 322 g/mol. The van der Waals surface area contributed by atoms with Crippen molar-refractivity contribution in [3.05, 3.63) is 42.6 Å². The first-order valence-electron chi connectivity index (χ1n) is 6.94. The fourth-order valence-electron chi connectivity index (χ4n) is 2.12. The maximum atomic E-state index is 12.5. The molecule has 0 saturated carbocycles. The van der Waals surface area contributed by atoms with Crippen LogP contribution < -0.4 is 5.32 Å². The molecule has 0 bridgehead atoms. The molecule has 1 N–H and O–H groups in total. The number of anilines is 1. The van der Waals surface area contributed by atoms with Crippen LogP contribution >= 0.6 is 0 Å². The van der Waals surface area contributed by atoms with E-state index in [1.54, 1.807) is 12.3 Å². The maximum absolute atomic E-state index is 12.5. The number of hydrogen-bond acceptors (Lipinski definition) is 5. The molecule has 3 rings (SSSR count). The van der Waals surface area contributed by atoms with Gasteiger partial charge in [-0.15, -0.1) is 0 Å². The normalized spacial score (nSPS) is 11.8. The molecule has 23 heavy (non-hydrogen) atoms. The molecule has 0 amide bonds. The Bertz CT molecular complexity index is 793. The van der Waals surface area contributed by atoms with Gasteiger partial charge < -0.3 is 5.32 Å². The molecule has 120 valence electrons. The second-order valence-corrected chi connectivity index (χ2v) is 4.84. The molecule has 0 aliphatic rings. The lowest BCUT2D eigenvalue weighted by Gasteiger charge is -2.08. The van der Waals surface area contributed by atoms with E-state index in [1.165, 1.54) is 17.2 Å². The van der Waals surface area contributed by atoms with Crippen LogP contribution in [-0.4, -0.2) is 31.3 Å². The van der Waals surface area contributed by atoms with E-state index in [1.807, 2.05) is 6.07 Å². The average molecular weight is 322 g/mol. The van der Waals surface area contributed by atoms with Gasteiger partial charge in [0.15, 0.2) is 11.3 Å². The molecule has 0 unspecified atom stereocenters. The highest BCUT2D eigenvalue weighted by molar-refractivity contribution is 5.85. The molecule has 3 heterocycles. The maximum Gasteiger partial charge on any atom is 0.435 e. The van der Waals surface area contributed by atoms with Crippen molar-refractivity contribution in [3.63, 3.8) is 0 Å². The highest BCUT2D eigenvalue weighted by Gasteiger charge is 2.33.